The molecule has 2 aromatic heterocycles. The lowest BCUT2D eigenvalue weighted by molar-refractivity contribution is 0.0794. The zero-order valence-electron chi connectivity index (χ0n) is 10.6. The van der Waals surface area contributed by atoms with Crippen LogP contribution in [0.1, 0.15) is 0 Å². The third kappa shape index (κ3) is 2.64. The molecule has 3 rings (SSSR count). The molecule has 108 valence electrons. The lowest BCUT2D eigenvalue weighted by atomic mass is 10.1. The molecule has 0 radical (unpaired) electrons. The fourth-order valence-corrected chi connectivity index (χ4v) is 1.90. The number of nitrogens with one attached hydrogen (secondary N) is 1. The maximum absolute atomic E-state index is 13.6. The Labute approximate surface area is 116 Å². The zero-order valence-corrected chi connectivity index (χ0v) is 10.6. The summed E-state index contributed by atoms with van der Waals surface area (Å²) < 4.78 is 42.3. The Morgan fingerprint density at radius 3 is 2.71 bits per heavy atom. The molecule has 2 heterocycles. The summed E-state index contributed by atoms with van der Waals surface area (Å²) in [6.07, 6.45) is 1.53. The van der Waals surface area contributed by atoms with Gasteiger partial charge in [0.1, 0.15) is 11.3 Å². The Hall–Kier alpha value is -2.64. The normalized spacial score (nSPS) is 11.2. The molecule has 0 saturated heterocycles. The first kappa shape index (κ1) is 13.3. The fraction of sp³-hybridized carbons (Fsp3) is 0.154. The average molecular weight is 294 g/mol. The molecule has 0 unspecified atom stereocenters. The first-order valence-electron chi connectivity index (χ1n) is 6.00. The quantitative estimate of drug-likeness (QED) is 0.803. The third-order valence-electron chi connectivity index (χ3n) is 2.83. The third-order valence-corrected chi connectivity index (χ3v) is 2.83. The molecule has 0 aliphatic heterocycles. The summed E-state index contributed by atoms with van der Waals surface area (Å²) in [4.78, 5) is 7.99. The van der Waals surface area contributed by atoms with E-state index in [2.05, 4.69) is 20.2 Å². The van der Waals surface area contributed by atoms with E-state index in [0.29, 0.717) is 16.6 Å². The number of nitrogens with zero attached hydrogens (tertiary/aromatic N) is 3. The van der Waals surface area contributed by atoms with Gasteiger partial charge in [-0.05, 0) is 12.1 Å². The molecule has 0 atom stereocenters. The van der Waals surface area contributed by atoms with E-state index in [0.717, 1.165) is 0 Å². The van der Waals surface area contributed by atoms with Gasteiger partial charge in [0.2, 0.25) is 5.88 Å². The van der Waals surface area contributed by atoms with Gasteiger partial charge in [-0.2, -0.15) is 5.10 Å². The number of alkyl halides is 2. The zero-order chi connectivity index (χ0) is 14.8. The fourth-order valence-electron chi connectivity index (χ4n) is 1.90. The summed E-state index contributed by atoms with van der Waals surface area (Å²) in [6, 6.07) is 2.84. The Bertz CT molecular complexity index is 758. The van der Waals surface area contributed by atoms with Crippen LogP contribution in [0, 0.1) is 5.82 Å². The molecule has 8 heteroatoms. The molecule has 1 aromatic carbocycles. The Morgan fingerprint density at radius 2 is 2.00 bits per heavy atom. The van der Waals surface area contributed by atoms with Crippen LogP contribution in [0.3, 0.4) is 0 Å². The van der Waals surface area contributed by atoms with Gasteiger partial charge in [-0.3, -0.25) is 5.10 Å². The second-order valence-electron chi connectivity index (χ2n) is 4.20. The van der Waals surface area contributed by atoms with Crippen molar-refractivity contribution in [2.24, 2.45) is 0 Å². The maximum atomic E-state index is 13.6. The van der Waals surface area contributed by atoms with Crippen molar-refractivity contribution in [1.82, 2.24) is 20.2 Å². The minimum absolute atomic E-state index is 0.00426. The number of rotatable bonds is 4. The van der Waals surface area contributed by atoms with Crippen LogP contribution in [-0.2, 0) is 0 Å². The van der Waals surface area contributed by atoms with Crippen LogP contribution >= 0.6 is 0 Å². The van der Waals surface area contributed by atoms with E-state index in [9.17, 15) is 13.2 Å². The minimum Gasteiger partial charge on any atom is -0.470 e. The highest BCUT2D eigenvalue weighted by atomic mass is 19.3. The molecule has 0 bridgehead atoms. The molecule has 0 fully saturated rings. The van der Waals surface area contributed by atoms with Crippen LogP contribution in [-0.4, -0.2) is 33.2 Å². The highest BCUT2D eigenvalue weighted by Gasteiger charge is 2.11. The molecular weight excluding hydrogens is 285 g/mol. The highest BCUT2D eigenvalue weighted by molar-refractivity contribution is 5.93. The van der Waals surface area contributed by atoms with Crippen molar-refractivity contribution < 1.29 is 17.9 Å². The maximum Gasteiger partial charge on any atom is 0.272 e. The first-order chi connectivity index (χ1) is 10.1. The number of benzene rings is 1. The van der Waals surface area contributed by atoms with Gasteiger partial charge in [-0.15, -0.1) is 0 Å². The van der Waals surface area contributed by atoms with Crippen LogP contribution in [0.15, 0.2) is 30.7 Å². The van der Waals surface area contributed by atoms with E-state index in [1.54, 1.807) is 6.07 Å². The predicted molar refractivity (Wildman–Crippen MR) is 68.6 cm³/mol. The van der Waals surface area contributed by atoms with Gasteiger partial charge >= 0.3 is 0 Å². The van der Waals surface area contributed by atoms with Crippen LogP contribution in [0.2, 0.25) is 0 Å². The van der Waals surface area contributed by atoms with Gasteiger partial charge < -0.3 is 4.74 Å². The second kappa shape index (κ2) is 5.39. The van der Waals surface area contributed by atoms with Crippen molar-refractivity contribution >= 4 is 10.9 Å². The minimum atomic E-state index is -2.57. The van der Waals surface area contributed by atoms with Crippen molar-refractivity contribution in [1.29, 1.82) is 0 Å². The van der Waals surface area contributed by atoms with Gasteiger partial charge in [0, 0.05) is 10.9 Å². The molecule has 21 heavy (non-hydrogen) atoms. The Kier molecular flexibility index (Phi) is 3.43. The lowest BCUT2D eigenvalue weighted by Crippen LogP contribution is -2.08. The monoisotopic (exact) mass is 294 g/mol. The van der Waals surface area contributed by atoms with E-state index in [1.807, 2.05) is 0 Å². The van der Waals surface area contributed by atoms with Crippen molar-refractivity contribution in [2.45, 2.75) is 6.43 Å². The van der Waals surface area contributed by atoms with Crippen LogP contribution in [0.5, 0.6) is 5.88 Å². The average Bonchev–Trinajstić information content (AvgIpc) is 2.97. The van der Waals surface area contributed by atoms with Gasteiger partial charge in [-0.1, -0.05) is 0 Å². The summed E-state index contributed by atoms with van der Waals surface area (Å²) in [5.41, 5.74) is 1.37. The van der Waals surface area contributed by atoms with Crippen molar-refractivity contribution in [3.8, 4) is 17.1 Å². The van der Waals surface area contributed by atoms with Gasteiger partial charge in [-0.25, -0.2) is 23.1 Å². The predicted octanol–water partition coefficient (Wildman–Crippen LogP) is 2.80. The van der Waals surface area contributed by atoms with E-state index in [1.165, 1.54) is 24.7 Å². The van der Waals surface area contributed by atoms with Crippen molar-refractivity contribution in [3.05, 3.63) is 36.5 Å². The number of aromatic nitrogens is 4. The number of halogens is 3. The van der Waals surface area contributed by atoms with Crippen LogP contribution < -0.4 is 4.74 Å². The summed E-state index contributed by atoms with van der Waals surface area (Å²) in [6.45, 7) is -0.740. The van der Waals surface area contributed by atoms with Gasteiger partial charge in [0.15, 0.2) is 6.61 Å². The number of hydrogen-bond acceptors (Lipinski definition) is 4. The van der Waals surface area contributed by atoms with E-state index < -0.39 is 18.8 Å². The molecule has 0 spiro atoms. The molecular formula is C13H9F3N4O. The number of aromatic amines is 1. The molecule has 0 aliphatic rings. The Morgan fingerprint density at radius 1 is 1.14 bits per heavy atom. The molecule has 0 amide bonds. The number of hydrogen-bond donors (Lipinski definition) is 1. The number of fused-ring (bicyclic) bond motifs is 1. The standard InChI is InChI=1S/C13H9F3N4O/c14-9-2-1-7(8-3-19-20-13(8)9)10-4-18-12(5-17-10)21-6-11(15)16/h1-5,11H,6H2,(H,19,20). The second-order valence-corrected chi connectivity index (χ2v) is 4.20. The summed E-state index contributed by atoms with van der Waals surface area (Å²) >= 11 is 0. The van der Waals surface area contributed by atoms with Crippen LogP contribution in [0.25, 0.3) is 22.2 Å². The van der Waals surface area contributed by atoms with E-state index in [-0.39, 0.29) is 11.4 Å². The van der Waals surface area contributed by atoms with E-state index >= 15 is 0 Å². The molecule has 0 aliphatic carbocycles. The van der Waals surface area contributed by atoms with Crippen molar-refractivity contribution in [3.63, 3.8) is 0 Å². The smallest absolute Gasteiger partial charge is 0.272 e. The topological polar surface area (TPSA) is 63.7 Å². The largest absolute Gasteiger partial charge is 0.470 e. The van der Waals surface area contributed by atoms with Crippen molar-refractivity contribution in [2.75, 3.05) is 6.61 Å². The molecule has 1 N–H and O–H groups in total. The number of ether oxygens (including phenoxy) is 1. The summed E-state index contributed by atoms with van der Waals surface area (Å²) in [5, 5.41) is 6.92. The first-order valence-corrected chi connectivity index (χ1v) is 6.00. The summed E-state index contributed by atoms with van der Waals surface area (Å²) in [7, 11) is 0. The molecule has 5 nitrogen and oxygen atoms in total. The highest BCUT2D eigenvalue weighted by Crippen LogP contribution is 2.27. The summed E-state index contributed by atoms with van der Waals surface area (Å²) in [5.74, 6) is -0.416. The lowest BCUT2D eigenvalue weighted by Gasteiger charge is -2.06. The van der Waals surface area contributed by atoms with Crippen LogP contribution in [0.4, 0.5) is 13.2 Å². The number of H-pyrrole nitrogens is 1. The SMILES string of the molecule is Fc1ccc(-c2cnc(OCC(F)F)cn2)c2cn[nH]c12. The van der Waals surface area contributed by atoms with E-state index in [4.69, 9.17) is 4.74 Å². The molecule has 3 aromatic rings. The van der Waals surface area contributed by atoms with Gasteiger partial charge in [0.05, 0.1) is 24.3 Å². The van der Waals surface area contributed by atoms with Gasteiger partial charge in [0.25, 0.3) is 6.43 Å². The Balaban J connectivity index is 1.92. The molecule has 0 saturated carbocycles.